The van der Waals surface area contributed by atoms with Gasteiger partial charge in [0.1, 0.15) is 6.04 Å². The summed E-state index contributed by atoms with van der Waals surface area (Å²) in [6.07, 6.45) is 3.08. The van der Waals surface area contributed by atoms with Crippen LogP contribution in [0.3, 0.4) is 0 Å². The summed E-state index contributed by atoms with van der Waals surface area (Å²) in [6.45, 7) is 1.82. The molecule has 0 aliphatic carbocycles. The van der Waals surface area contributed by atoms with Crippen molar-refractivity contribution >= 4 is 21.9 Å². The van der Waals surface area contributed by atoms with E-state index in [4.69, 9.17) is 5.11 Å². The van der Waals surface area contributed by atoms with Crippen molar-refractivity contribution in [3.8, 4) is 0 Å². The molecule has 0 saturated carbocycles. The van der Waals surface area contributed by atoms with Crippen molar-refractivity contribution in [3.63, 3.8) is 0 Å². The van der Waals surface area contributed by atoms with Gasteiger partial charge in [-0.2, -0.15) is 4.31 Å². The Morgan fingerprint density at radius 1 is 1.42 bits per heavy atom. The number of hydrogen-bond acceptors (Lipinski definition) is 4. The number of aliphatic carboxylic acids is 1. The van der Waals surface area contributed by atoms with Crippen molar-refractivity contribution in [1.29, 1.82) is 0 Å². The first kappa shape index (κ1) is 15.9. The summed E-state index contributed by atoms with van der Waals surface area (Å²) in [6, 6.07) is -0.718. The van der Waals surface area contributed by atoms with Crippen LogP contribution in [0.1, 0.15) is 26.2 Å². The van der Waals surface area contributed by atoms with Gasteiger partial charge in [0.15, 0.2) is 0 Å². The molecule has 110 valence electrons. The molecule has 19 heavy (non-hydrogen) atoms. The van der Waals surface area contributed by atoms with E-state index in [9.17, 15) is 18.0 Å². The van der Waals surface area contributed by atoms with E-state index in [0.29, 0.717) is 13.0 Å². The molecule has 1 saturated heterocycles. The molecule has 0 aromatic heterocycles. The number of carbonyl (C=O) groups is 2. The Kier molecular flexibility index (Phi) is 5.30. The maximum Gasteiger partial charge on any atom is 0.308 e. The third kappa shape index (κ3) is 4.46. The quantitative estimate of drug-likeness (QED) is 0.720. The van der Waals surface area contributed by atoms with E-state index in [1.54, 1.807) is 0 Å². The summed E-state index contributed by atoms with van der Waals surface area (Å²) >= 11 is 0. The lowest BCUT2D eigenvalue weighted by Crippen LogP contribution is -2.52. The number of carboxylic acids is 1. The second-order valence-electron chi connectivity index (χ2n) is 4.87. The number of hydrogen-bond donors (Lipinski definition) is 2. The minimum atomic E-state index is -3.42. The van der Waals surface area contributed by atoms with E-state index in [1.807, 2.05) is 0 Å². The summed E-state index contributed by atoms with van der Waals surface area (Å²) in [5.41, 5.74) is 0. The van der Waals surface area contributed by atoms with Crippen molar-refractivity contribution < 1.29 is 23.1 Å². The minimum Gasteiger partial charge on any atom is -0.481 e. The number of nitrogens with one attached hydrogen (secondary N) is 1. The van der Waals surface area contributed by atoms with Gasteiger partial charge in [-0.15, -0.1) is 0 Å². The van der Waals surface area contributed by atoms with Crippen LogP contribution in [0.5, 0.6) is 0 Å². The van der Waals surface area contributed by atoms with Crippen molar-refractivity contribution in [2.45, 2.75) is 32.2 Å². The molecule has 1 aliphatic heterocycles. The van der Waals surface area contributed by atoms with E-state index in [1.165, 1.54) is 11.2 Å². The normalized spacial score (nSPS) is 22.7. The Morgan fingerprint density at radius 3 is 2.58 bits per heavy atom. The molecule has 8 heteroatoms. The number of sulfonamides is 1. The molecule has 0 aromatic carbocycles. The number of carbonyl (C=O) groups excluding carboxylic acids is 1. The lowest BCUT2D eigenvalue weighted by atomic mass is 10.0. The van der Waals surface area contributed by atoms with Gasteiger partial charge >= 0.3 is 5.97 Å². The smallest absolute Gasteiger partial charge is 0.308 e. The molecular formula is C11H20N2O5S. The fourth-order valence-electron chi connectivity index (χ4n) is 2.02. The van der Waals surface area contributed by atoms with Gasteiger partial charge in [0.05, 0.1) is 12.2 Å². The first-order valence-corrected chi connectivity index (χ1v) is 8.05. The predicted octanol–water partition coefficient (Wildman–Crippen LogP) is -0.363. The van der Waals surface area contributed by atoms with Crippen LogP contribution in [-0.4, -0.2) is 55.1 Å². The molecule has 0 aromatic rings. The van der Waals surface area contributed by atoms with Crippen LogP contribution < -0.4 is 5.32 Å². The highest BCUT2D eigenvalue weighted by atomic mass is 32.2. The molecule has 0 unspecified atom stereocenters. The van der Waals surface area contributed by atoms with Gasteiger partial charge in [-0.1, -0.05) is 13.3 Å². The van der Waals surface area contributed by atoms with E-state index in [0.717, 1.165) is 19.1 Å². The highest BCUT2D eigenvalue weighted by Gasteiger charge is 2.34. The molecule has 0 spiro atoms. The van der Waals surface area contributed by atoms with Gasteiger partial charge in [-0.3, -0.25) is 9.59 Å². The molecule has 1 heterocycles. The van der Waals surface area contributed by atoms with Crippen LogP contribution >= 0.6 is 0 Å². The predicted molar refractivity (Wildman–Crippen MR) is 69.0 cm³/mol. The van der Waals surface area contributed by atoms with E-state index < -0.39 is 33.9 Å². The SMILES string of the molecule is C[C@@H](CNC(=O)[C@@H]1CCCCN1S(C)(=O)=O)C(=O)O. The second kappa shape index (κ2) is 6.33. The summed E-state index contributed by atoms with van der Waals surface area (Å²) < 4.78 is 24.4. The van der Waals surface area contributed by atoms with Gasteiger partial charge in [0, 0.05) is 13.1 Å². The monoisotopic (exact) mass is 292 g/mol. The Hall–Kier alpha value is -1.15. The largest absolute Gasteiger partial charge is 0.481 e. The highest BCUT2D eigenvalue weighted by Crippen LogP contribution is 2.19. The average molecular weight is 292 g/mol. The Morgan fingerprint density at radius 2 is 2.05 bits per heavy atom. The summed E-state index contributed by atoms with van der Waals surface area (Å²) in [4.78, 5) is 22.6. The van der Waals surface area contributed by atoms with Crippen LogP contribution in [0, 0.1) is 5.92 Å². The lowest BCUT2D eigenvalue weighted by molar-refractivity contribution is -0.141. The maximum absolute atomic E-state index is 12.0. The van der Waals surface area contributed by atoms with Crippen LogP contribution in [0.25, 0.3) is 0 Å². The second-order valence-corrected chi connectivity index (χ2v) is 6.80. The van der Waals surface area contributed by atoms with Crippen LogP contribution in [-0.2, 0) is 19.6 Å². The topological polar surface area (TPSA) is 104 Å². The number of rotatable bonds is 5. The van der Waals surface area contributed by atoms with Crippen molar-refractivity contribution in [2.75, 3.05) is 19.3 Å². The van der Waals surface area contributed by atoms with Crippen molar-refractivity contribution in [1.82, 2.24) is 9.62 Å². The van der Waals surface area contributed by atoms with Crippen LogP contribution in [0.15, 0.2) is 0 Å². The van der Waals surface area contributed by atoms with Gasteiger partial charge in [-0.25, -0.2) is 8.42 Å². The lowest BCUT2D eigenvalue weighted by Gasteiger charge is -2.32. The number of amides is 1. The molecule has 1 rings (SSSR count). The molecule has 1 aliphatic rings. The summed E-state index contributed by atoms with van der Waals surface area (Å²) in [5.74, 6) is -2.11. The van der Waals surface area contributed by atoms with Gasteiger partial charge in [-0.05, 0) is 12.8 Å². The fourth-order valence-corrected chi connectivity index (χ4v) is 3.15. The zero-order valence-electron chi connectivity index (χ0n) is 11.1. The Labute approximate surface area is 113 Å². The standard InChI is InChI=1S/C11H20N2O5S/c1-8(11(15)16)7-12-10(14)9-5-3-4-6-13(9)19(2,17)18/h8-9H,3-7H2,1-2H3,(H,12,14)(H,15,16)/t8-,9-/m0/s1. The molecule has 2 atom stereocenters. The maximum atomic E-state index is 12.0. The van der Waals surface area contributed by atoms with Crippen LogP contribution in [0.2, 0.25) is 0 Å². The summed E-state index contributed by atoms with van der Waals surface area (Å²) in [7, 11) is -3.42. The van der Waals surface area contributed by atoms with Gasteiger partial charge in [0.25, 0.3) is 0 Å². The van der Waals surface area contributed by atoms with E-state index >= 15 is 0 Å². The molecule has 0 radical (unpaired) electrons. The van der Waals surface area contributed by atoms with Gasteiger partial charge < -0.3 is 10.4 Å². The molecule has 1 fully saturated rings. The zero-order chi connectivity index (χ0) is 14.6. The third-order valence-electron chi connectivity index (χ3n) is 3.19. The molecular weight excluding hydrogens is 272 g/mol. The number of piperidine rings is 1. The Balaban J connectivity index is 2.65. The minimum absolute atomic E-state index is 0.00225. The first-order chi connectivity index (χ1) is 8.73. The third-order valence-corrected chi connectivity index (χ3v) is 4.48. The average Bonchev–Trinajstić information content (AvgIpc) is 2.34. The number of nitrogens with zero attached hydrogens (tertiary/aromatic N) is 1. The highest BCUT2D eigenvalue weighted by molar-refractivity contribution is 7.88. The molecule has 7 nitrogen and oxygen atoms in total. The van der Waals surface area contributed by atoms with Gasteiger partial charge in [0.2, 0.25) is 15.9 Å². The van der Waals surface area contributed by atoms with Crippen molar-refractivity contribution in [2.24, 2.45) is 5.92 Å². The number of carboxylic acid groups (broad SMARTS) is 1. The molecule has 1 amide bonds. The Bertz CT molecular complexity index is 448. The summed E-state index contributed by atoms with van der Waals surface area (Å²) in [5, 5.41) is 11.2. The molecule has 0 bridgehead atoms. The van der Waals surface area contributed by atoms with Crippen LogP contribution in [0.4, 0.5) is 0 Å². The van der Waals surface area contributed by atoms with E-state index in [-0.39, 0.29) is 6.54 Å². The fraction of sp³-hybridized carbons (Fsp3) is 0.818. The van der Waals surface area contributed by atoms with E-state index in [2.05, 4.69) is 5.32 Å². The zero-order valence-corrected chi connectivity index (χ0v) is 11.9. The van der Waals surface area contributed by atoms with Crippen molar-refractivity contribution in [3.05, 3.63) is 0 Å². The molecule has 2 N–H and O–H groups in total. The first-order valence-electron chi connectivity index (χ1n) is 6.21.